The maximum atomic E-state index is 10.5. The first-order valence-corrected chi connectivity index (χ1v) is 4.21. The molecule has 14 heavy (non-hydrogen) atoms. The van der Waals surface area contributed by atoms with E-state index in [0.29, 0.717) is 5.69 Å². The van der Waals surface area contributed by atoms with Gasteiger partial charge < -0.3 is 15.2 Å². The first-order valence-electron chi connectivity index (χ1n) is 4.21. The first-order chi connectivity index (χ1) is 6.36. The maximum absolute atomic E-state index is 10.5. The highest BCUT2D eigenvalue weighted by Crippen LogP contribution is 2.20. The van der Waals surface area contributed by atoms with Gasteiger partial charge in [-0.1, -0.05) is 0 Å². The summed E-state index contributed by atoms with van der Waals surface area (Å²) < 4.78 is 1.46. The Morgan fingerprint density at radius 3 is 2.50 bits per heavy atom. The Balaban J connectivity index is 3.22. The molecular weight excluding hydrogens is 186 g/mol. The van der Waals surface area contributed by atoms with Crippen LogP contribution in [0.15, 0.2) is 6.07 Å². The van der Waals surface area contributed by atoms with E-state index < -0.39 is 4.92 Å². The van der Waals surface area contributed by atoms with Crippen LogP contribution in [0.5, 0.6) is 0 Å². The van der Waals surface area contributed by atoms with Crippen LogP contribution in [0.1, 0.15) is 26.5 Å². The Morgan fingerprint density at radius 1 is 1.64 bits per heavy atom. The summed E-state index contributed by atoms with van der Waals surface area (Å²) in [7, 11) is 0. The Kier molecular flexibility index (Phi) is 2.57. The van der Waals surface area contributed by atoms with Crippen LogP contribution in [0.4, 0.5) is 5.82 Å². The second-order valence-electron chi connectivity index (χ2n) is 3.99. The Bertz CT molecular complexity index is 351. The fourth-order valence-electron chi connectivity index (χ4n) is 1.19. The summed E-state index contributed by atoms with van der Waals surface area (Å²) in [5.74, 6) is -0.232. The zero-order valence-corrected chi connectivity index (χ0v) is 8.39. The van der Waals surface area contributed by atoms with Gasteiger partial charge >= 0.3 is 5.82 Å². The fourth-order valence-corrected chi connectivity index (χ4v) is 1.19. The third kappa shape index (κ3) is 1.90. The Morgan fingerprint density at radius 2 is 2.21 bits per heavy atom. The average molecular weight is 199 g/mol. The van der Waals surface area contributed by atoms with Crippen molar-refractivity contribution >= 4 is 5.82 Å². The van der Waals surface area contributed by atoms with Crippen LogP contribution >= 0.6 is 0 Å². The van der Waals surface area contributed by atoms with Crippen molar-refractivity contribution in [2.45, 2.75) is 32.9 Å². The Hall–Kier alpha value is -1.43. The first kappa shape index (κ1) is 10.6. The average Bonchev–Trinajstić information content (AvgIpc) is 2.46. The van der Waals surface area contributed by atoms with E-state index in [2.05, 4.69) is 5.10 Å². The van der Waals surface area contributed by atoms with Gasteiger partial charge in [0.05, 0.1) is 29.0 Å². The van der Waals surface area contributed by atoms with E-state index in [1.165, 1.54) is 10.7 Å². The van der Waals surface area contributed by atoms with Crippen LogP contribution in [0, 0.1) is 10.1 Å². The van der Waals surface area contributed by atoms with Crippen LogP contribution in [-0.2, 0) is 12.1 Å². The van der Waals surface area contributed by atoms with Gasteiger partial charge in [0.25, 0.3) is 0 Å². The lowest BCUT2D eigenvalue weighted by molar-refractivity contribution is -0.389. The molecule has 0 saturated heterocycles. The highest BCUT2D eigenvalue weighted by atomic mass is 16.6. The van der Waals surface area contributed by atoms with E-state index in [-0.39, 0.29) is 18.0 Å². The predicted octanol–water partition coefficient (Wildman–Crippen LogP) is 1.04. The zero-order chi connectivity index (χ0) is 10.9. The van der Waals surface area contributed by atoms with Gasteiger partial charge in [-0.05, 0) is 25.7 Å². The molecule has 0 saturated carbocycles. The smallest absolute Gasteiger partial charge is 0.390 e. The van der Waals surface area contributed by atoms with Crippen LogP contribution in [-0.4, -0.2) is 19.8 Å². The topological polar surface area (TPSA) is 81.2 Å². The van der Waals surface area contributed by atoms with Gasteiger partial charge in [0, 0.05) is 0 Å². The van der Waals surface area contributed by atoms with Gasteiger partial charge in [0.15, 0.2) is 0 Å². The molecule has 1 aromatic rings. The molecule has 1 heterocycles. The third-order valence-corrected chi connectivity index (χ3v) is 1.75. The van der Waals surface area contributed by atoms with Crippen molar-refractivity contribution in [3.63, 3.8) is 0 Å². The summed E-state index contributed by atoms with van der Waals surface area (Å²) in [6, 6.07) is 1.28. The number of aliphatic hydroxyl groups excluding tert-OH is 1. The van der Waals surface area contributed by atoms with E-state index in [1.807, 2.05) is 20.8 Å². The normalized spacial score (nSPS) is 11.7. The van der Waals surface area contributed by atoms with Gasteiger partial charge in [-0.15, -0.1) is 0 Å². The standard InChI is InChI=1S/C8H13N3O3/c1-8(2,3)10-6(5-12)4-7(9-10)11(13)14/h4,12H,5H2,1-3H3. The highest BCUT2D eigenvalue weighted by Gasteiger charge is 2.25. The van der Waals surface area contributed by atoms with Crippen LogP contribution in [0.3, 0.4) is 0 Å². The van der Waals surface area contributed by atoms with Gasteiger partial charge in [-0.2, -0.15) is 4.68 Å². The summed E-state index contributed by atoms with van der Waals surface area (Å²) in [4.78, 5) is 9.89. The molecule has 6 nitrogen and oxygen atoms in total. The molecule has 0 radical (unpaired) electrons. The number of nitrogens with zero attached hydrogens (tertiary/aromatic N) is 3. The van der Waals surface area contributed by atoms with E-state index in [1.54, 1.807) is 0 Å². The van der Waals surface area contributed by atoms with Gasteiger partial charge in [0.1, 0.15) is 0 Å². The van der Waals surface area contributed by atoms with Crippen LogP contribution in [0.25, 0.3) is 0 Å². The Labute approximate surface area is 81.3 Å². The van der Waals surface area contributed by atoms with Gasteiger partial charge in [-0.3, -0.25) is 0 Å². The molecule has 0 unspecified atom stereocenters. The molecule has 0 atom stereocenters. The summed E-state index contributed by atoms with van der Waals surface area (Å²) >= 11 is 0. The van der Waals surface area contributed by atoms with Crippen molar-refractivity contribution in [3.8, 4) is 0 Å². The van der Waals surface area contributed by atoms with Crippen molar-refractivity contribution in [2.75, 3.05) is 0 Å². The molecule has 0 bridgehead atoms. The quantitative estimate of drug-likeness (QED) is 0.570. The summed E-state index contributed by atoms with van der Waals surface area (Å²) in [6.45, 7) is 5.34. The summed E-state index contributed by atoms with van der Waals surface area (Å²) in [5, 5.41) is 23.3. The molecule has 1 aromatic heterocycles. The molecule has 0 spiro atoms. The number of aliphatic hydroxyl groups is 1. The van der Waals surface area contributed by atoms with Gasteiger partial charge in [0.2, 0.25) is 0 Å². The molecule has 0 aliphatic rings. The largest absolute Gasteiger partial charge is 0.390 e. The third-order valence-electron chi connectivity index (χ3n) is 1.75. The molecule has 0 aliphatic carbocycles. The molecule has 1 N–H and O–H groups in total. The van der Waals surface area contributed by atoms with Crippen LogP contribution < -0.4 is 0 Å². The highest BCUT2D eigenvalue weighted by molar-refractivity contribution is 5.22. The van der Waals surface area contributed by atoms with Crippen molar-refractivity contribution in [3.05, 3.63) is 21.9 Å². The predicted molar refractivity (Wildman–Crippen MR) is 49.8 cm³/mol. The number of aromatic nitrogens is 2. The van der Waals surface area contributed by atoms with Crippen molar-refractivity contribution < 1.29 is 10.0 Å². The zero-order valence-electron chi connectivity index (χ0n) is 8.39. The van der Waals surface area contributed by atoms with E-state index in [4.69, 9.17) is 5.11 Å². The number of hydrogen-bond acceptors (Lipinski definition) is 4. The molecule has 78 valence electrons. The SMILES string of the molecule is CC(C)(C)n1nc([N+](=O)[O-])cc1CO. The van der Waals surface area contributed by atoms with E-state index in [9.17, 15) is 10.1 Å². The second-order valence-corrected chi connectivity index (χ2v) is 3.99. The monoisotopic (exact) mass is 199 g/mol. The number of hydrogen-bond donors (Lipinski definition) is 1. The van der Waals surface area contributed by atoms with Crippen molar-refractivity contribution in [1.29, 1.82) is 0 Å². The molecule has 0 aromatic carbocycles. The van der Waals surface area contributed by atoms with Crippen LogP contribution in [0.2, 0.25) is 0 Å². The van der Waals surface area contributed by atoms with Gasteiger partial charge in [-0.25, -0.2) is 0 Å². The molecule has 0 amide bonds. The second kappa shape index (κ2) is 3.38. The van der Waals surface area contributed by atoms with E-state index >= 15 is 0 Å². The molecule has 0 aliphatic heterocycles. The van der Waals surface area contributed by atoms with Crippen molar-refractivity contribution in [1.82, 2.24) is 9.78 Å². The number of nitro groups is 1. The molecule has 0 fully saturated rings. The van der Waals surface area contributed by atoms with Crippen molar-refractivity contribution in [2.24, 2.45) is 0 Å². The minimum Gasteiger partial charge on any atom is -0.390 e. The number of rotatable bonds is 2. The molecule has 1 rings (SSSR count). The minimum atomic E-state index is -0.568. The van der Waals surface area contributed by atoms with E-state index in [0.717, 1.165) is 0 Å². The summed E-state index contributed by atoms with van der Waals surface area (Å²) in [5.41, 5.74) is 0.0796. The fraction of sp³-hybridized carbons (Fsp3) is 0.625. The minimum absolute atomic E-state index is 0.232. The summed E-state index contributed by atoms with van der Waals surface area (Å²) in [6.07, 6.45) is 0. The molecular formula is C8H13N3O3. The lowest BCUT2D eigenvalue weighted by Gasteiger charge is -2.17. The lowest BCUT2D eigenvalue weighted by atomic mass is 10.1. The maximum Gasteiger partial charge on any atom is 0.390 e. The lowest BCUT2D eigenvalue weighted by Crippen LogP contribution is -2.25. The molecule has 6 heteroatoms.